The van der Waals surface area contributed by atoms with Crippen LogP contribution in [0.3, 0.4) is 0 Å². The fourth-order valence-corrected chi connectivity index (χ4v) is 1.42. The average Bonchev–Trinajstić information content (AvgIpc) is 2.29. The second kappa shape index (κ2) is 3.82. The number of guanidine groups is 1. The highest BCUT2D eigenvalue weighted by Gasteiger charge is 2.26. The topological polar surface area (TPSA) is 98.5 Å². The Hall–Kier alpha value is -2.08. The predicted molar refractivity (Wildman–Crippen MR) is 60.6 cm³/mol. The summed E-state index contributed by atoms with van der Waals surface area (Å²) in [5, 5.41) is 2.75. The van der Waals surface area contributed by atoms with E-state index in [-0.39, 0.29) is 5.96 Å². The Kier molecular flexibility index (Phi) is 2.49. The maximum Gasteiger partial charge on any atom is 0.212 e. The van der Waals surface area contributed by atoms with E-state index in [1.807, 2.05) is 0 Å². The van der Waals surface area contributed by atoms with Gasteiger partial charge in [0.25, 0.3) is 0 Å². The zero-order chi connectivity index (χ0) is 11.6. The summed E-state index contributed by atoms with van der Waals surface area (Å²) in [4.78, 5) is 8.21. The first-order valence-corrected chi connectivity index (χ1v) is 4.73. The van der Waals surface area contributed by atoms with Crippen LogP contribution in [-0.2, 0) is 5.66 Å². The fourth-order valence-electron chi connectivity index (χ4n) is 1.42. The Labute approximate surface area is 93.0 Å². The SMILES string of the molecule is COc1ccc(C2(N)C=CNC(N)=N2)cn1. The molecule has 0 spiro atoms. The molecule has 6 nitrogen and oxygen atoms in total. The highest BCUT2D eigenvalue weighted by Crippen LogP contribution is 2.23. The zero-order valence-electron chi connectivity index (χ0n) is 8.84. The van der Waals surface area contributed by atoms with Crippen molar-refractivity contribution in [1.29, 1.82) is 0 Å². The highest BCUT2D eigenvalue weighted by atomic mass is 16.5. The number of rotatable bonds is 2. The van der Waals surface area contributed by atoms with Gasteiger partial charge >= 0.3 is 0 Å². The normalized spacial score (nSPS) is 23.5. The number of ether oxygens (including phenoxy) is 1. The lowest BCUT2D eigenvalue weighted by molar-refractivity contribution is 0.397. The second-order valence-electron chi connectivity index (χ2n) is 3.39. The summed E-state index contributed by atoms with van der Waals surface area (Å²) in [6, 6.07) is 3.53. The van der Waals surface area contributed by atoms with Gasteiger partial charge in [0.1, 0.15) is 0 Å². The molecule has 1 aromatic heterocycles. The van der Waals surface area contributed by atoms with E-state index in [4.69, 9.17) is 16.2 Å². The maximum atomic E-state index is 6.09. The molecule has 0 saturated carbocycles. The first-order chi connectivity index (χ1) is 7.64. The molecule has 1 aliphatic rings. The van der Waals surface area contributed by atoms with Gasteiger partial charge in [0.05, 0.1) is 7.11 Å². The van der Waals surface area contributed by atoms with Crippen molar-refractivity contribution in [3.8, 4) is 5.88 Å². The van der Waals surface area contributed by atoms with Gasteiger partial charge in [-0.15, -0.1) is 0 Å². The smallest absolute Gasteiger partial charge is 0.212 e. The first-order valence-electron chi connectivity index (χ1n) is 4.73. The molecule has 1 aliphatic heterocycles. The van der Waals surface area contributed by atoms with Crippen LogP contribution in [-0.4, -0.2) is 18.1 Å². The Bertz CT molecular complexity index is 439. The van der Waals surface area contributed by atoms with Gasteiger partial charge in [-0.05, 0) is 12.1 Å². The molecule has 1 unspecified atom stereocenters. The number of nitrogens with one attached hydrogen (secondary N) is 1. The van der Waals surface area contributed by atoms with Crippen LogP contribution in [0.4, 0.5) is 0 Å². The Morgan fingerprint density at radius 2 is 2.25 bits per heavy atom. The highest BCUT2D eigenvalue weighted by molar-refractivity contribution is 5.80. The maximum absolute atomic E-state index is 6.09. The van der Waals surface area contributed by atoms with E-state index < -0.39 is 5.66 Å². The van der Waals surface area contributed by atoms with Crippen LogP contribution in [0.25, 0.3) is 0 Å². The summed E-state index contributed by atoms with van der Waals surface area (Å²) in [5.41, 5.74) is 11.4. The summed E-state index contributed by atoms with van der Waals surface area (Å²) in [6.07, 6.45) is 4.99. The first kappa shape index (κ1) is 10.4. The molecule has 2 rings (SSSR count). The van der Waals surface area contributed by atoms with Gasteiger partial charge in [-0.3, -0.25) is 5.73 Å². The Balaban J connectivity index is 2.35. The van der Waals surface area contributed by atoms with Crippen LogP contribution >= 0.6 is 0 Å². The van der Waals surface area contributed by atoms with Gasteiger partial charge in [-0.25, -0.2) is 9.98 Å². The molecule has 0 aliphatic carbocycles. The van der Waals surface area contributed by atoms with Crippen LogP contribution in [0.2, 0.25) is 0 Å². The lowest BCUT2D eigenvalue weighted by atomic mass is 10.0. The van der Waals surface area contributed by atoms with E-state index in [0.717, 1.165) is 5.56 Å². The van der Waals surface area contributed by atoms with Crippen LogP contribution in [0, 0.1) is 0 Å². The van der Waals surface area contributed by atoms with Gasteiger partial charge in [-0.2, -0.15) is 0 Å². The molecule has 6 heteroatoms. The van der Waals surface area contributed by atoms with E-state index in [1.54, 1.807) is 37.7 Å². The van der Waals surface area contributed by atoms with Crippen LogP contribution in [0.5, 0.6) is 5.88 Å². The molecular weight excluding hydrogens is 206 g/mol. The molecule has 0 aromatic carbocycles. The van der Waals surface area contributed by atoms with E-state index in [0.29, 0.717) is 5.88 Å². The van der Waals surface area contributed by atoms with E-state index in [2.05, 4.69) is 15.3 Å². The number of methoxy groups -OCH3 is 1. The Morgan fingerprint density at radius 1 is 1.44 bits per heavy atom. The van der Waals surface area contributed by atoms with Crippen LogP contribution < -0.4 is 21.5 Å². The minimum atomic E-state index is -0.964. The van der Waals surface area contributed by atoms with E-state index in [1.165, 1.54) is 0 Å². The van der Waals surface area contributed by atoms with Gasteiger partial charge in [-0.1, -0.05) is 0 Å². The fraction of sp³-hybridized carbons (Fsp3) is 0.200. The van der Waals surface area contributed by atoms with Crippen molar-refractivity contribution in [2.24, 2.45) is 16.5 Å². The van der Waals surface area contributed by atoms with Crippen molar-refractivity contribution < 1.29 is 4.74 Å². The lowest BCUT2D eigenvalue weighted by Crippen LogP contribution is -2.42. The van der Waals surface area contributed by atoms with Crippen LogP contribution in [0.15, 0.2) is 35.6 Å². The summed E-state index contributed by atoms with van der Waals surface area (Å²) in [7, 11) is 1.56. The molecule has 16 heavy (non-hydrogen) atoms. The summed E-state index contributed by atoms with van der Waals surface area (Å²) in [6.45, 7) is 0. The molecule has 0 fully saturated rings. The summed E-state index contributed by atoms with van der Waals surface area (Å²) < 4.78 is 4.97. The lowest BCUT2D eigenvalue weighted by Gasteiger charge is -2.25. The Morgan fingerprint density at radius 3 is 2.81 bits per heavy atom. The van der Waals surface area contributed by atoms with Crippen molar-refractivity contribution in [3.63, 3.8) is 0 Å². The van der Waals surface area contributed by atoms with Gasteiger partial charge in [0.2, 0.25) is 5.88 Å². The number of nitrogens with zero attached hydrogens (tertiary/aromatic N) is 2. The number of aliphatic imine (C=N–C) groups is 1. The molecule has 2 heterocycles. The largest absolute Gasteiger partial charge is 0.481 e. The monoisotopic (exact) mass is 219 g/mol. The summed E-state index contributed by atoms with van der Waals surface area (Å²) >= 11 is 0. The molecule has 0 radical (unpaired) electrons. The van der Waals surface area contributed by atoms with Gasteiger partial charge in [0.15, 0.2) is 11.6 Å². The second-order valence-corrected chi connectivity index (χ2v) is 3.39. The predicted octanol–water partition coefficient (Wildman–Crippen LogP) is -0.367. The molecule has 5 N–H and O–H groups in total. The zero-order valence-corrected chi connectivity index (χ0v) is 8.84. The third-order valence-electron chi connectivity index (χ3n) is 2.28. The van der Waals surface area contributed by atoms with E-state index in [9.17, 15) is 0 Å². The van der Waals surface area contributed by atoms with Crippen molar-refractivity contribution in [2.45, 2.75) is 5.66 Å². The number of hydrogen-bond donors (Lipinski definition) is 3. The molecule has 0 bridgehead atoms. The van der Waals surface area contributed by atoms with Crippen molar-refractivity contribution in [1.82, 2.24) is 10.3 Å². The number of hydrogen-bond acceptors (Lipinski definition) is 6. The van der Waals surface area contributed by atoms with Gasteiger partial charge in [0, 0.05) is 24.0 Å². The van der Waals surface area contributed by atoms with E-state index >= 15 is 0 Å². The third-order valence-corrected chi connectivity index (χ3v) is 2.28. The minimum Gasteiger partial charge on any atom is -0.481 e. The molecule has 84 valence electrons. The van der Waals surface area contributed by atoms with Crippen molar-refractivity contribution in [3.05, 3.63) is 36.2 Å². The van der Waals surface area contributed by atoms with Crippen LogP contribution in [0.1, 0.15) is 5.56 Å². The quantitative estimate of drug-likeness (QED) is 0.630. The molecule has 0 amide bonds. The molecule has 1 aromatic rings. The molecule has 1 atom stereocenters. The van der Waals surface area contributed by atoms with Crippen molar-refractivity contribution in [2.75, 3.05) is 7.11 Å². The molecule has 0 saturated heterocycles. The minimum absolute atomic E-state index is 0.279. The average molecular weight is 219 g/mol. The number of nitrogens with two attached hydrogens (primary N) is 2. The number of aromatic nitrogens is 1. The standard InChI is InChI=1S/C10H13N5O/c1-16-8-3-2-7(6-14-8)10(12)4-5-13-9(11)15-10/h2-6H,12H2,1H3,(H3,11,13,15). The van der Waals surface area contributed by atoms with Crippen molar-refractivity contribution >= 4 is 5.96 Å². The number of pyridine rings is 1. The molecular formula is C10H13N5O. The van der Waals surface area contributed by atoms with Gasteiger partial charge < -0.3 is 15.8 Å². The summed E-state index contributed by atoms with van der Waals surface area (Å²) in [5.74, 6) is 0.808. The third kappa shape index (κ3) is 1.82.